The number of cyclic esters (lactones) is 1. The predicted molar refractivity (Wildman–Crippen MR) is 135 cm³/mol. The van der Waals surface area contributed by atoms with E-state index in [0.717, 1.165) is 28.8 Å². The maximum absolute atomic E-state index is 13.4. The molecule has 0 aliphatic carbocycles. The van der Waals surface area contributed by atoms with E-state index in [-0.39, 0.29) is 18.5 Å². The summed E-state index contributed by atoms with van der Waals surface area (Å²) in [6.07, 6.45) is -6.18. The van der Waals surface area contributed by atoms with E-state index >= 15 is 0 Å². The largest absolute Gasteiger partial charge is 0.496 e. The van der Waals surface area contributed by atoms with Crippen molar-refractivity contribution >= 4 is 12.1 Å². The number of carbonyl (C=O) groups is 2. The maximum Gasteiger partial charge on any atom is 0.416 e. The molecule has 3 aromatic carbocycles. The summed E-state index contributed by atoms with van der Waals surface area (Å²) >= 11 is 0. The summed E-state index contributed by atoms with van der Waals surface area (Å²) in [5.41, 5.74) is 3.64. The third kappa shape index (κ3) is 5.61. The standard InChI is InChI=1S/C29H28F3NO5/c1-16-5-7-23(24-12-19(13-26(34)35)6-8-25(24)37-4)21(9-16)15-33-18(3)27(38-28(33)36)20-10-17(2)11-22(14-20)29(30,31)32/h5-12,14,18,27H,13,15H2,1-4H3,(H,34,35)/t18-,27-/m0/s1. The lowest BCUT2D eigenvalue weighted by Gasteiger charge is -2.24. The molecule has 6 nitrogen and oxygen atoms in total. The summed E-state index contributed by atoms with van der Waals surface area (Å²) in [7, 11) is 1.52. The lowest BCUT2D eigenvalue weighted by Crippen LogP contribution is -2.31. The van der Waals surface area contributed by atoms with Crippen LogP contribution in [0.5, 0.6) is 5.75 Å². The molecular formula is C29H28F3NO5. The summed E-state index contributed by atoms with van der Waals surface area (Å²) in [5, 5.41) is 9.24. The Morgan fingerprint density at radius 1 is 1.03 bits per heavy atom. The molecule has 2 atom stereocenters. The van der Waals surface area contributed by atoms with Crippen molar-refractivity contribution in [2.24, 2.45) is 0 Å². The van der Waals surface area contributed by atoms with Crippen molar-refractivity contribution in [1.82, 2.24) is 4.90 Å². The van der Waals surface area contributed by atoms with Crippen LogP contribution in [0.3, 0.4) is 0 Å². The normalized spacial score (nSPS) is 17.4. The molecule has 1 N–H and O–H groups in total. The average Bonchev–Trinajstić information content (AvgIpc) is 3.11. The molecule has 38 heavy (non-hydrogen) atoms. The maximum atomic E-state index is 13.4. The van der Waals surface area contributed by atoms with Gasteiger partial charge in [-0.2, -0.15) is 13.2 Å². The quantitative estimate of drug-likeness (QED) is 0.370. The Balaban J connectivity index is 1.70. The minimum Gasteiger partial charge on any atom is -0.496 e. The highest BCUT2D eigenvalue weighted by molar-refractivity contribution is 5.78. The number of hydrogen-bond donors (Lipinski definition) is 1. The van der Waals surface area contributed by atoms with E-state index in [2.05, 4.69) is 0 Å². The smallest absolute Gasteiger partial charge is 0.416 e. The number of halogens is 3. The third-order valence-corrected chi connectivity index (χ3v) is 6.66. The Morgan fingerprint density at radius 3 is 2.42 bits per heavy atom. The Hall–Kier alpha value is -4.01. The number of benzene rings is 3. The first-order chi connectivity index (χ1) is 17.9. The van der Waals surface area contributed by atoms with E-state index in [4.69, 9.17) is 9.47 Å². The minimum absolute atomic E-state index is 0.137. The molecule has 0 radical (unpaired) electrons. The summed E-state index contributed by atoms with van der Waals surface area (Å²) < 4.78 is 51.4. The van der Waals surface area contributed by atoms with E-state index in [0.29, 0.717) is 22.4 Å². The van der Waals surface area contributed by atoms with Crippen LogP contribution in [0.2, 0.25) is 0 Å². The molecule has 9 heteroatoms. The Labute approximate surface area is 218 Å². The van der Waals surface area contributed by atoms with Crippen LogP contribution in [0.15, 0.2) is 54.6 Å². The van der Waals surface area contributed by atoms with Gasteiger partial charge in [0, 0.05) is 5.56 Å². The molecule has 0 bridgehead atoms. The highest BCUT2D eigenvalue weighted by Gasteiger charge is 2.41. The molecule has 1 aliphatic rings. The number of alkyl halides is 3. The number of carbonyl (C=O) groups excluding carboxylic acids is 1. The molecule has 3 aromatic rings. The number of hydrogen-bond acceptors (Lipinski definition) is 4. The van der Waals surface area contributed by atoms with Gasteiger partial charge in [0.15, 0.2) is 0 Å². The Kier molecular flexibility index (Phi) is 7.40. The molecule has 1 saturated heterocycles. The van der Waals surface area contributed by atoms with Gasteiger partial charge in [0.2, 0.25) is 0 Å². The van der Waals surface area contributed by atoms with Crippen molar-refractivity contribution in [3.05, 3.63) is 88.0 Å². The van der Waals surface area contributed by atoms with Gasteiger partial charge in [-0.3, -0.25) is 9.69 Å². The van der Waals surface area contributed by atoms with E-state index in [1.54, 1.807) is 38.1 Å². The van der Waals surface area contributed by atoms with Gasteiger partial charge in [0.25, 0.3) is 0 Å². The number of aryl methyl sites for hydroxylation is 2. The van der Waals surface area contributed by atoms with Gasteiger partial charge in [-0.05, 0) is 67.3 Å². The number of ether oxygens (including phenoxy) is 2. The minimum atomic E-state index is -4.52. The van der Waals surface area contributed by atoms with Gasteiger partial charge < -0.3 is 14.6 Å². The van der Waals surface area contributed by atoms with Crippen LogP contribution in [-0.2, 0) is 28.7 Å². The van der Waals surface area contributed by atoms with Crippen LogP contribution in [0.1, 0.15) is 46.4 Å². The number of carboxylic acid groups (broad SMARTS) is 1. The van der Waals surface area contributed by atoms with Crippen molar-refractivity contribution in [1.29, 1.82) is 0 Å². The first-order valence-electron chi connectivity index (χ1n) is 12.0. The van der Waals surface area contributed by atoms with Crippen molar-refractivity contribution in [2.45, 2.75) is 52.1 Å². The molecule has 1 heterocycles. The number of carboxylic acids is 1. The first-order valence-corrected chi connectivity index (χ1v) is 12.0. The molecule has 1 fully saturated rings. The second-order valence-electron chi connectivity index (χ2n) is 9.57. The topological polar surface area (TPSA) is 76.1 Å². The fourth-order valence-electron chi connectivity index (χ4n) is 4.85. The summed E-state index contributed by atoms with van der Waals surface area (Å²) in [5.74, 6) is -0.423. The van der Waals surface area contributed by atoms with Gasteiger partial charge in [0.05, 0.1) is 31.7 Å². The van der Waals surface area contributed by atoms with E-state index in [9.17, 15) is 27.9 Å². The number of methoxy groups -OCH3 is 1. The summed E-state index contributed by atoms with van der Waals surface area (Å²) in [6.45, 7) is 5.36. The predicted octanol–water partition coefficient (Wildman–Crippen LogP) is 6.71. The number of amides is 1. The Morgan fingerprint density at radius 2 is 1.76 bits per heavy atom. The molecule has 0 unspecified atom stereocenters. The van der Waals surface area contributed by atoms with Crippen LogP contribution < -0.4 is 4.74 Å². The fourth-order valence-corrected chi connectivity index (χ4v) is 4.85. The second kappa shape index (κ2) is 10.4. The van der Waals surface area contributed by atoms with Gasteiger partial charge in [-0.1, -0.05) is 41.5 Å². The van der Waals surface area contributed by atoms with Crippen LogP contribution in [0.4, 0.5) is 18.0 Å². The van der Waals surface area contributed by atoms with Crippen LogP contribution in [0.25, 0.3) is 11.1 Å². The van der Waals surface area contributed by atoms with Crippen molar-refractivity contribution in [2.75, 3.05) is 7.11 Å². The van der Waals surface area contributed by atoms with Crippen molar-refractivity contribution in [3.63, 3.8) is 0 Å². The first kappa shape index (κ1) is 27.0. The second-order valence-corrected chi connectivity index (χ2v) is 9.57. The van der Waals surface area contributed by atoms with E-state index in [1.165, 1.54) is 12.0 Å². The zero-order chi connectivity index (χ0) is 27.8. The van der Waals surface area contributed by atoms with Crippen LogP contribution >= 0.6 is 0 Å². The van der Waals surface area contributed by atoms with E-state index in [1.807, 2.05) is 25.1 Å². The van der Waals surface area contributed by atoms with Crippen molar-refractivity contribution < 1.29 is 37.3 Å². The molecule has 0 spiro atoms. The fraction of sp³-hybridized carbons (Fsp3) is 0.310. The molecule has 0 saturated carbocycles. The van der Waals surface area contributed by atoms with Crippen molar-refractivity contribution in [3.8, 4) is 16.9 Å². The molecule has 1 amide bonds. The number of aliphatic carboxylic acids is 1. The lowest BCUT2D eigenvalue weighted by molar-refractivity contribution is -0.138. The molecule has 1 aliphatic heterocycles. The van der Waals surface area contributed by atoms with Gasteiger partial charge >= 0.3 is 18.2 Å². The van der Waals surface area contributed by atoms with Gasteiger partial charge in [-0.15, -0.1) is 0 Å². The van der Waals surface area contributed by atoms with Gasteiger partial charge in [0.1, 0.15) is 11.9 Å². The average molecular weight is 528 g/mol. The summed E-state index contributed by atoms with van der Waals surface area (Å²) in [6, 6.07) is 14.0. The highest BCUT2D eigenvalue weighted by atomic mass is 19.4. The summed E-state index contributed by atoms with van der Waals surface area (Å²) in [4.78, 5) is 25.7. The lowest BCUT2D eigenvalue weighted by atomic mass is 9.94. The SMILES string of the molecule is COc1ccc(CC(=O)O)cc1-c1ccc(C)cc1CN1C(=O)O[C@H](c2cc(C)cc(C(F)(F)F)c2)[C@@H]1C. The molecular weight excluding hydrogens is 499 g/mol. The van der Waals surface area contributed by atoms with Crippen LogP contribution in [-0.4, -0.2) is 35.2 Å². The van der Waals surface area contributed by atoms with Gasteiger partial charge in [-0.25, -0.2) is 4.79 Å². The Bertz CT molecular complexity index is 1390. The van der Waals surface area contributed by atoms with Crippen LogP contribution in [0, 0.1) is 13.8 Å². The monoisotopic (exact) mass is 527 g/mol. The molecule has 0 aromatic heterocycles. The number of nitrogens with zero attached hydrogens (tertiary/aromatic N) is 1. The zero-order valence-corrected chi connectivity index (χ0v) is 21.4. The van der Waals surface area contributed by atoms with E-state index < -0.39 is 35.9 Å². The third-order valence-electron chi connectivity index (χ3n) is 6.66. The number of rotatable bonds is 7. The highest BCUT2D eigenvalue weighted by Crippen LogP contribution is 2.39. The molecule has 200 valence electrons. The zero-order valence-electron chi connectivity index (χ0n) is 21.4. The molecule has 4 rings (SSSR count).